The van der Waals surface area contributed by atoms with E-state index >= 15 is 0 Å². The topological polar surface area (TPSA) is 64.1 Å². The number of rotatable bonds is 9. The van der Waals surface area contributed by atoms with Gasteiger partial charge in [0, 0.05) is 19.2 Å². The van der Waals surface area contributed by atoms with Gasteiger partial charge in [-0.25, -0.2) is 0 Å². The molecule has 0 aliphatic rings. The van der Waals surface area contributed by atoms with Gasteiger partial charge >= 0.3 is 0 Å². The minimum atomic E-state index is 0. The molecule has 2 aromatic rings. The van der Waals surface area contributed by atoms with E-state index in [4.69, 9.17) is 14.2 Å². The number of hydrogen-bond donors (Lipinski definition) is 2. The fourth-order valence-corrected chi connectivity index (χ4v) is 2.85. The van der Waals surface area contributed by atoms with E-state index in [1.807, 2.05) is 56.3 Å². The summed E-state index contributed by atoms with van der Waals surface area (Å²) in [6.45, 7) is 7.82. The summed E-state index contributed by atoms with van der Waals surface area (Å²) in [4.78, 5) is 4.33. The van der Waals surface area contributed by atoms with Gasteiger partial charge in [0.25, 0.3) is 0 Å². The molecule has 0 aliphatic carbocycles. The zero-order valence-electron chi connectivity index (χ0n) is 17.8. The first-order valence-electron chi connectivity index (χ1n) is 9.61. The molecule has 1 unspecified atom stereocenters. The number of hydrogen-bond acceptors (Lipinski definition) is 4. The molecule has 0 heterocycles. The highest BCUT2D eigenvalue weighted by molar-refractivity contribution is 14.0. The van der Waals surface area contributed by atoms with E-state index < -0.39 is 0 Å². The fraction of sp³-hybridized carbons (Fsp3) is 0.409. The maximum Gasteiger partial charge on any atom is 0.191 e. The van der Waals surface area contributed by atoms with Crippen LogP contribution in [0.4, 0.5) is 0 Å². The predicted molar refractivity (Wildman–Crippen MR) is 129 cm³/mol. The zero-order valence-corrected chi connectivity index (χ0v) is 20.2. The summed E-state index contributed by atoms with van der Waals surface area (Å²) in [6, 6.07) is 14.0. The maximum absolute atomic E-state index is 5.73. The van der Waals surface area contributed by atoms with E-state index in [1.165, 1.54) is 0 Å². The van der Waals surface area contributed by atoms with E-state index in [1.54, 1.807) is 14.2 Å². The Morgan fingerprint density at radius 1 is 1.00 bits per heavy atom. The Bertz CT molecular complexity index is 784. The van der Waals surface area contributed by atoms with Crippen molar-refractivity contribution in [1.82, 2.24) is 10.6 Å². The molecule has 2 N–H and O–H groups in total. The highest BCUT2D eigenvalue weighted by atomic mass is 127. The number of nitrogens with one attached hydrogen (secondary N) is 2. The maximum atomic E-state index is 5.73. The molecule has 2 aromatic carbocycles. The second-order valence-corrected chi connectivity index (χ2v) is 6.18. The summed E-state index contributed by atoms with van der Waals surface area (Å²) in [5.74, 6) is 3.09. The smallest absolute Gasteiger partial charge is 0.191 e. The largest absolute Gasteiger partial charge is 0.496 e. The predicted octanol–water partition coefficient (Wildman–Crippen LogP) is 4.54. The van der Waals surface area contributed by atoms with Crippen molar-refractivity contribution in [1.29, 1.82) is 0 Å². The third-order valence-corrected chi connectivity index (χ3v) is 4.28. The SMILES string of the molecule is CCOc1ccc(C(C)NC(=NC)NCc2ccccc2OC)cc1OCC.I. The Balaban J connectivity index is 0.00000420. The third kappa shape index (κ3) is 7.30. The van der Waals surface area contributed by atoms with Gasteiger partial charge in [-0.1, -0.05) is 24.3 Å². The fourth-order valence-electron chi connectivity index (χ4n) is 2.85. The van der Waals surface area contributed by atoms with Crippen LogP contribution in [0.1, 0.15) is 37.9 Å². The Morgan fingerprint density at radius 3 is 2.34 bits per heavy atom. The second-order valence-electron chi connectivity index (χ2n) is 6.18. The molecule has 2 rings (SSSR count). The molecule has 0 fully saturated rings. The van der Waals surface area contributed by atoms with Crippen molar-refractivity contribution in [2.24, 2.45) is 4.99 Å². The van der Waals surface area contributed by atoms with Gasteiger partial charge < -0.3 is 24.8 Å². The molecule has 0 amide bonds. The monoisotopic (exact) mass is 513 g/mol. The molecule has 0 saturated heterocycles. The molecule has 7 heteroatoms. The summed E-state index contributed by atoms with van der Waals surface area (Å²) >= 11 is 0. The summed E-state index contributed by atoms with van der Waals surface area (Å²) in [5.41, 5.74) is 2.16. The summed E-state index contributed by atoms with van der Waals surface area (Å²) in [6.07, 6.45) is 0. The van der Waals surface area contributed by atoms with Crippen LogP contribution < -0.4 is 24.8 Å². The number of nitrogens with zero attached hydrogens (tertiary/aromatic N) is 1. The lowest BCUT2D eigenvalue weighted by molar-refractivity contribution is 0.287. The number of guanidine groups is 1. The first-order valence-corrected chi connectivity index (χ1v) is 9.61. The van der Waals surface area contributed by atoms with Gasteiger partial charge in [-0.05, 0) is 44.5 Å². The van der Waals surface area contributed by atoms with Gasteiger partial charge in [0.15, 0.2) is 17.5 Å². The van der Waals surface area contributed by atoms with Crippen LogP contribution in [0.5, 0.6) is 17.2 Å². The van der Waals surface area contributed by atoms with E-state index in [0.29, 0.717) is 25.7 Å². The Hall–Kier alpha value is -2.16. The Labute approximate surface area is 191 Å². The Morgan fingerprint density at radius 2 is 1.69 bits per heavy atom. The minimum absolute atomic E-state index is 0. The molecule has 0 aliphatic heterocycles. The number of para-hydroxylation sites is 1. The van der Waals surface area contributed by atoms with E-state index in [-0.39, 0.29) is 30.0 Å². The van der Waals surface area contributed by atoms with Gasteiger partial charge in [-0.15, -0.1) is 24.0 Å². The Kier molecular flexibility index (Phi) is 11.3. The highest BCUT2D eigenvalue weighted by Gasteiger charge is 2.13. The van der Waals surface area contributed by atoms with Crippen molar-refractivity contribution in [2.75, 3.05) is 27.4 Å². The first-order chi connectivity index (χ1) is 13.6. The second kappa shape index (κ2) is 13.1. The molecular formula is C22H32IN3O3. The number of methoxy groups -OCH3 is 1. The molecule has 160 valence electrons. The van der Waals surface area contributed by atoms with Crippen LogP contribution >= 0.6 is 24.0 Å². The molecule has 1 atom stereocenters. The van der Waals surface area contributed by atoms with Crippen molar-refractivity contribution < 1.29 is 14.2 Å². The quantitative estimate of drug-likeness (QED) is 0.293. The average Bonchev–Trinajstić information content (AvgIpc) is 2.72. The third-order valence-electron chi connectivity index (χ3n) is 4.28. The van der Waals surface area contributed by atoms with Crippen LogP contribution in [0.3, 0.4) is 0 Å². The van der Waals surface area contributed by atoms with Gasteiger partial charge in [-0.3, -0.25) is 4.99 Å². The van der Waals surface area contributed by atoms with Crippen molar-refractivity contribution in [3.8, 4) is 17.2 Å². The van der Waals surface area contributed by atoms with Crippen LogP contribution in [0, 0.1) is 0 Å². The van der Waals surface area contributed by atoms with Crippen molar-refractivity contribution in [3.05, 3.63) is 53.6 Å². The summed E-state index contributed by atoms with van der Waals surface area (Å²) in [7, 11) is 3.43. The van der Waals surface area contributed by atoms with Crippen LogP contribution in [0.2, 0.25) is 0 Å². The van der Waals surface area contributed by atoms with E-state index in [2.05, 4.69) is 22.5 Å². The standard InChI is InChI=1S/C22H31N3O3.HI/c1-6-27-20-13-12-17(14-21(20)28-7-2)16(3)25-22(23-4)24-15-18-10-8-9-11-19(18)26-5;/h8-14,16H,6-7,15H2,1-5H3,(H2,23,24,25);1H. The number of benzene rings is 2. The van der Waals surface area contributed by atoms with Gasteiger partial charge in [-0.2, -0.15) is 0 Å². The van der Waals surface area contributed by atoms with Gasteiger partial charge in [0.05, 0.1) is 26.4 Å². The average molecular weight is 513 g/mol. The normalized spacial score (nSPS) is 11.8. The van der Waals surface area contributed by atoms with Crippen LogP contribution in [0.15, 0.2) is 47.5 Å². The van der Waals surface area contributed by atoms with Crippen molar-refractivity contribution in [3.63, 3.8) is 0 Å². The zero-order chi connectivity index (χ0) is 20.4. The van der Waals surface area contributed by atoms with E-state index in [0.717, 1.165) is 28.4 Å². The summed E-state index contributed by atoms with van der Waals surface area (Å²) in [5, 5.41) is 6.75. The van der Waals surface area contributed by atoms with Crippen LogP contribution in [-0.4, -0.2) is 33.3 Å². The minimum Gasteiger partial charge on any atom is -0.496 e. The summed E-state index contributed by atoms with van der Waals surface area (Å²) < 4.78 is 16.8. The van der Waals surface area contributed by atoms with Crippen molar-refractivity contribution in [2.45, 2.75) is 33.4 Å². The van der Waals surface area contributed by atoms with E-state index in [9.17, 15) is 0 Å². The van der Waals surface area contributed by atoms with Crippen LogP contribution in [-0.2, 0) is 6.54 Å². The molecule has 0 saturated carbocycles. The molecule has 0 spiro atoms. The van der Waals surface area contributed by atoms with Crippen molar-refractivity contribution >= 4 is 29.9 Å². The van der Waals surface area contributed by atoms with Crippen LogP contribution in [0.25, 0.3) is 0 Å². The van der Waals surface area contributed by atoms with Gasteiger partial charge in [0.1, 0.15) is 5.75 Å². The highest BCUT2D eigenvalue weighted by Crippen LogP contribution is 2.30. The number of aliphatic imine (C=N–C) groups is 1. The lowest BCUT2D eigenvalue weighted by atomic mass is 10.1. The molecule has 0 radical (unpaired) electrons. The van der Waals surface area contributed by atoms with Gasteiger partial charge in [0.2, 0.25) is 0 Å². The number of ether oxygens (including phenoxy) is 3. The number of halogens is 1. The molecular weight excluding hydrogens is 481 g/mol. The molecule has 0 bridgehead atoms. The lowest BCUT2D eigenvalue weighted by Crippen LogP contribution is -2.38. The first kappa shape index (κ1) is 24.9. The lowest BCUT2D eigenvalue weighted by Gasteiger charge is -2.20. The molecule has 0 aromatic heterocycles. The molecule has 6 nitrogen and oxygen atoms in total. The molecule has 29 heavy (non-hydrogen) atoms.